The van der Waals surface area contributed by atoms with E-state index in [2.05, 4.69) is 0 Å². The highest BCUT2D eigenvalue weighted by Crippen LogP contribution is 2.49. The summed E-state index contributed by atoms with van der Waals surface area (Å²) in [5, 5.41) is 0.638. The van der Waals surface area contributed by atoms with Crippen LogP contribution in [0.2, 0.25) is 22.2 Å². The summed E-state index contributed by atoms with van der Waals surface area (Å²) in [5.41, 5.74) is -0.807. The first-order valence-electron chi connectivity index (χ1n) is 16.7. The van der Waals surface area contributed by atoms with Crippen molar-refractivity contribution in [1.29, 1.82) is 0 Å². The zero-order valence-electron chi connectivity index (χ0n) is 29.5. The molecule has 3 heterocycles. The lowest BCUT2D eigenvalue weighted by molar-refractivity contribution is -0.164. The molecular formula is C33H47NO10SSi2. The van der Waals surface area contributed by atoms with Crippen LogP contribution in [-0.4, -0.2) is 80.0 Å². The summed E-state index contributed by atoms with van der Waals surface area (Å²) < 4.78 is 69.6. The number of nitrogens with zero attached hydrogens (tertiary/aromatic N) is 1. The van der Waals surface area contributed by atoms with Crippen LogP contribution in [0.25, 0.3) is 0 Å². The lowest BCUT2D eigenvalue weighted by Crippen LogP contribution is -2.69. The second-order valence-electron chi connectivity index (χ2n) is 13.9. The largest absolute Gasteiger partial charge is 0.414 e. The molecule has 2 fully saturated rings. The SMILES string of the molecule is [3H]C1O[C@]2(COS(=O)(=O)c3ccc(C)cc3)CO[Si](C(C)C)(C(C)C)O[Si](C(C)C)(C(C)C)OC2[C@@H]1ON1C(=O)c2ccccc2C1=O. The van der Waals surface area contributed by atoms with Crippen molar-refractivity contribution >= 4 is 39.1 Å². The quantitative estimate of drug-likeness (QED) is 0.164. The predicted octanol–water partition coefficient (Wildman–Crippen LogP) is 6.02. The lowest BCUT2D eigenvalue weighted by Gasteiger charge is -2.53. The molecule has 2 aromatic rings. The van der Waals surface area contributed by atoms with Crippen LogP contribution >= 0.6 is 0 Å². The van der Waals surface area contributed by atoms with E-state index in [1.165, 1.54) is 24.3 Å². The molecule has 2 unspecified atom stereocenters. The summed E-state index contributed by atoms with van der Waals surface area (Å²) in [6.45, 7) is 15.8. The number of hydrogen-bond acceptors (Lipinski definition) is 10. The normalized spacial score (nSPS) is 27.7. The van der Waals surface area contributed by atoms with Crippen molar-refractivity contribution in [2.45, 2.75) is 107 Å². The fraction of sp³-hybridized carbons (Fsp3) is 0.576. The Morgan fingerprint density at radius 3 is 1.94 bits per heavy atom. The maximum atomic E-state index is 13.5. The highest BCUT2D eigenvalue weighted by atomic mass is 32.2. The second kappa shape index (κ2) is 13.2. The first-order valence-corrected chi connectivity index (χ1v) is 21.5. The monoisotopic (exact) mass is 707 g/mol. The van der Waals surface area contributed by atoms with E-state index in [1.807, 2.05) is 62.3 Å². The van der Waals surface area contributed by atoms with Crippen molar-refractivity contribution in [3.8, 4) is 0 Å². The smallest absolute Gasteiger partial charge is 0.335 e. The molecule has 3 aliphatic rings. The van der Waals surface area contributed by atoms with Gasteiger partial charge in [-0.25, -0.2) is 0 Å². The summed E-state index contributed by atoms with van der Waals surface area (Å²) in [4.78, 5) is 32.8. The van der Waals surface area contributed by atoms with Gasteiger partial charge < -0.3 is 17.7 Å². The van der Waals surface area contributed by atoms with E-state index in [-0.39, 0.29) is 44.8 Å². The molecule has 5 rings (SSSR count). The van der Waals surface area contributed by atoms with Crippen LogP contribution in [0.5, 0.6) is 0 Å². The van der Waals surface area contributed by atoms with Crippen molar-refractivity contribution < 1.29 is 46.1 Å². The van der Waals surface area contributed by atoms with Gasteiger partial charge in [0.1, 0.15) is 24.4 Å². The second-order valence-corrected chi connectivity index (χ2v) is 24.3. The van der Waals surface area contributed by atoms with Crippen molar-refractivity contribution in [3.63, 3.8) is 0 Å². The van der Waals surface area contributed by atoms with Crippen molar-refractivity contribution in [3.05, 3.63) is 65.2 Å². The number of imide groups is 1. The average Bonchev–Trinajstić information content (AvgIpc) is 3.40. The number of amides is 2. The van der Waals surface area contributed by atoms with E-state index < -0.39 is 70.1 Å². The molecule has 2 saturated heterocycles. The Hall–Kier alpha value is -2.28. The van der Waals surface area contributed by atoms with Crippen LogP contribution < -0.4 is 0 Å². The number of hydroxylamine groups is 2. The Balaban J connectivity index is 1.62. The molecule has 0 radical (unpaired) electrons. The van der Waals surface area contributed by atoms with E-state index in [0.29, 0.717) is 5.06 Å². The average molecular weight is 708 g/mol. The molecule has 11 nitrogen and oxygen atoms in total. The van der Waals surface area contributed by atoms with E-state index >= 15 is 0 Å². The maximum Gasteiger partial charge on any atom is 0.335 e. The van der Waals surface area contributed by atoms with Crippen molar-refractivity contribution in [2.75, 3.05) is 19.8 Å². The minimum Gasteiger partial charge on any atom is -0.414 e. The van der Waals surface area contributed by atoms with Gasteiger partial charge in [0.2, 0.25) is 0 Å². The Morgan fingerprint density at radius 2 is 1.43 bits per heavy atom. The van der Waals surface area contributed by atoms with Crippen LogP contribution in [-0.2, 0) is 36.8 Å². The Bertz CT molecular complexity index is 1590. The fourth-order valence-corrected chi connectivity index (χ4v) is 18.9. The third-order valence-corrected chi connectivity index (χ3v) is 20.9. The van der Waals surface area contributed by atoms with Gasteiger partial charge in [-0.2, -0.15) is 8.42 Å². The van der Waals surface area contributed by atoms with Crippen LogP contribution in [0.3, 0.4) is 0 Å². The zero-order chi connectivity index (χ0) is 35.4. The standard InChI is InChI=1S/C33H47NO10SSi2/c1-21(2)46(22(3)4)41-20-33(19-40-45(37,38)26-16-14-25(9)15-17-26)30(43-47(44-46,23(5)6)24(7)8)29(18-39-33)42-34-31(35)27-12-10-11-13-28(27)32(34)36/h10-17,21-24,29-30H,18-20H2,1-9H3/t29-,30?,33-/m1/s1/i18T/t18?,29-,30?,33-. The van der Waals surface area contributed by atoms with Crippen molar-refractivity contribution in [2.24, 2.45) is 0 Å². The number of ether oxygens (including phenoxy) is 1. The number of rotatable bonds is 10. The van der Waals surface area contributed by atoms with Crippen LogP contribution in [0.15, 0.2) is 53.4 Å². The molecule has 2 aromatic carbocycles. The molecule has 4 atom stereocenters. The molecular weight excluding hydrogens is 659 g/mol. The molecule has 3 aliphatic heterocycles. The van der Waals surface area contributed by atoms with Gasteiger partial charge in [0.25, 0.3) is 21.9 Å². The van der Waals surface area contributed by atoms with Crippen LogP contribution in [0, 0.1) is 6.92 Å². The topological polar surface area (TPSA) is 127 Å². The number of carbonyl (C=O) groups excluding carboxylic acids is 2. The minimum atomic E-state index is -4.30. The molecule has 0 saturated carbocycles. The molecule has 14 heteroatoms. The summed E-state index contributed by atoms with van der Waals surface area (Å²) in [6, 6.07) is 12.6. The first-order chi connectivity index (χ1) is 22.4. The first kappa shape index (κ1) is 34.6. The number of fused-ring (bicyclic) bond motifs is 2. The van der Waals surface area contributed by atoms with Gasteiger partial charge in [-0.05, 0) is 53.4 Å². The van der Waals surface area contributed by atoms with Gasteiger partial charge in [0.15, 0.2) is 0 Å². The summed E-state index contributed by atoms with van der Waals surface area (Å²) >= 11 is 0. The van der Waals surface area contributed by atoms with E-state index in [1.54, 1.807) is 24.3 Å². The highest BCUT2D eigenvalue weighted by Gasteiger charge is 2.65. The molecule has 0 bridgehead atoms. The third-order valence-electron chi connectivity index (χ3n) is 9.40. The highest BCUT2D eigenvalue weighted by molar-refractivity contribution is 7.86. The number of aryl methyl sites for hydroxylation is 1. The molecule has 258 valence electrons. The van der Waals surface area contributed by atoms with E-state index in [9.17, 15) is 18.0 Å². The zero-order valence-corrected chi connectivity index (χ0v) is 31.3. The summed E-state index contributed by atoms with van der Waals surface area (Å²) in [6.07, 6.45) is -2.58. The number of hydrogen-bond donors (Lipinski definition) is 0. The molecule has 47 heavy (non-hydrogen) atoms. The van der Waals surface area contributed by atoms with Gasteiger partial charge in [-0.3, -0.25) is 18.6 Å². The van der Waals surface area contributed by atoms with Crippen molar-refractivity contribution in [1.82, 2.24) is 5.06 Å². The van der Waals surface area contributed by atoms with Crippen LogP contribution in [0.1, 0.15) is 83.0 Å². The maximum absolute atomic E-state index is 13.5. The summed E-state index contributed by atoms with van der Waals surface area (Å²) in [7, 11) is -10.8. The van der Waals surface area contributed by atoms with E-state index in [4.69, 9.17) is 28.1 Å². The molecule has 0 aliphatic carbocycles. The Morgan fingerprint density at radius 1 is 0.894 bits per heavy atom. The predicted molar refractivity (Wildman–Crippen MR) is 179 cm³/mol. The lowest BCUT2D eigenvalue weighted by atomic mass is 9.98. The number of benzene rings is 2. The molecule has 0 spiro atoms. The molecule has 0 N–H and O–H groups in total. The van der Waals surface area contributed by atoms with Gasteiger partial charge in [-0.1, -0.05) is 85.2 Å². The van der Waals surface area contributed by atoms with Gasteiger partial charge >= 0.3 is 17.1 Å². The fourth-order valence-electron chi connectivity index (χ4n) is 6.65. The third kappa shape index (κ3) is 6.32. The Labute approximate surface area is 281 Å². The van der Waals surface area contributed by atoms with Gasteiger partial charge in [-0.15, -0.1) is 5.06 Å². The van der Waals surface area contributed by atoms with Gasteiger partial charge in [0.05, 0.1) is 30.6 Å². The minimum absolute atomic E-state index is 0.0325. The number of carbonyl (C=O) groups is 2. The summed E-state index contributed by atoms with van der Waals surface area (Å²) in [5.74, 6) is -1.36. The Kier molecular flexibility index (Phi) is 9.72. The van der Waals surface area contributed by atoms with E-state index in [0.717, 1.165) is 5.56 Å². The van der Waals surface area contributed by atoms with Crippen LogP contribution in [0.4, 0.5) is 0 Å². The van der Waals surface area contributed by atoms with Gasteiger partial charge in [0, 0.05) is 0 Å². The molecule has 0 aromatic heterocycles. The molecule has 2 amide bonds.